The number of benzene rings is 1. The van der Waals surface area contributed by atoms with Crippen LogP contribution in [0.5, 0.6) is 0 Å². The summed E-state index contributed by atoms with van der Waals surface area (Å²) in [7, 11) is 1.72. The maximum atomic E-state index is 13.5. The van der Waals surface area contributed by atoms with Gasteiger partial charge in [0.2, 0.25) is 0 Å². The van der Waals surface area contributed by atoms with Gasteiger partial charge in [-0.15, -0.1) is 11.3 Å². The van der Waals surface area contributed by atoms with Crippen LogP contribution in [0.4, 0.5) is 4.39 Å². The fourth-order valence-corrected chi connectivity index (χ4v) is 4.38. The molecule has 1 aliphatic heterocycles. The van der Waals surface area contributed by atoms with Crippen molar-refractivity contribution in [1.82, 2.24) is 14.5 Å². The second-order valence-corrected chi connectivity index (χ2v) is 7.18. The van der Waals surface area contributed by atoms with Crippen molar-refractivity contribution in [2.45, 2.75) is 25.4 Å². The standard InChI is InChI=1S/C18H18FN3OS/c1-21-15-7-6-12(19)10-13(15)20-14(18(21)23)11-22-8-2-4-16(22)17-5-3-9-24-17/h3,5-7,9-10,16H,2,4,8,11H2,1H3/t16-/m1/s1. The molecule has 4 nitrogen and oxygen atoms in total. The first-order valence-electron chi connectivity index (χ1n) is 8.06. The Morgan fingerprint density at radius 3 is 3.04 bits per heavy atom. The van der Waals surface area contributed by atoms with E-state index in [1.165, 1.54) is 17.0 Å². The molecule has 24 heavy (non-hydrogen) atoms. The van der Waals surface area contributed by atoms with Crippen molar-refractivity contribution in [1.29, 1.82) is 0 Å². The first kappa shape index (κ1) is 15.5. The van der Waals surface area contributed by atoms with Crippen LogP contribution in [0.15, 0.2) is 40.5 Å². The predicted octanol–water partition coefficient (Wildman–Crippen LogP) is 3.47. The van der Waals surface area contributed by atoms with Crippen LogP contribution in [0.2, 0.25) is 0 Å². The maximum absolute atomic E-state index is 13.5. The summed E-state index contributed by atoms with van der Waals surface area (Å²) in [6.07, 6.45) is 2.22. The Bertz CT molecular complexity index is 935. The van der Waals surface area contributed by atoms with Crippen LogP contribution in [0.3, 0.4) is 0 Å². The minimum absolute atomic E-state index is 0.106. The number of halogens is 1. The van der Waals surface area contributed by atoms with Crippen molar-refractivity contribution < 1.29 is 4.39 Å². The Morgan fingerprint density at radius 2 is 2.25 bits per heavy atom. The summed E-state index contributed by atoms with van der Waals surface area (Å²) < 4.78 is 15.1. The van der Waals surface area contributed by atoms with Crippen molar-refractivity contribution in [3.05, 3.63) is 62.5 Å². The summed E-state index contributed by atoms with van der Waals surface area (Å²) in [5, 5.41) is 2.09. The molecule has 1 aliphatic rings. The molecule has 4 rings (SSSR count). The Balaban J connectivity index is 1.71. The Morgan fingerprint density at radius 1 is 1.38 bits per heavy atom. The molecule has 0 N–H and O–H groups in total. The molecule has 0 unspecified atom stereocenters. The number of aryl methyl sites for hydroxylation is 1. The summed E-state index contributed by atoms with van der Waals surface area (Å²) >= 11 is 1.75. The fourth-order valence-electron chi connectivity index (χ4n) is 3.48. The van der Waals surface area contributed by atoms with E-state index in [4.69, 9.17) is 0 Å². The minimum atomic E-state index is -0.336. The van der Waals surface area contributed by atoms with Crippen LogP contribution < -0.4 is 5.56 Å². The zero-order valence-electron chi connectivity index (χ0n) is 13.4. The molecule has 0 radical (unpaired) electrons. The van der Waals surface area contributed by atoms with Crippen LogP contribution in [0.25, 0.3) is 11.0 Å². The van der Waals surface area contributed by atoms with Gasteiger partial charge in [0.05, 0.1) is 11.0 Å². The average molecular weight is 343 g/mol. The molecule has 1 atom stereocenters. The summed E-state index contributed by atoms with van der Waals surface area (Å²) in [4.78, 5) is 20.7. The van der Waals surface area contributed by atoms with E-state index in [2.05, 4.69) is 27.4 Å². The van der Waals surface area contributed by atoms with Crippen LogP contribution in [0.1, 0.15) is 29.5 Å². The molecule has 0 aliphatic carbocycles. The lowest BCUT2D eigenvalue weighted by molar-refractivity contribution is 0.247. The van der Waals surface area contributed by atoms with Gasteiger partial charge in [-0.25, -0.2) is 9.37 Å². The van der Waals surface area contributed by atoms with Crippen LogP contribution in [0, 0.1) is 5.82 Å². The number of rotatable bonds is 3. The van der Waals surface area contributed by atoms with Crippen molar-refractivity contribution in [2.75, 3.05) is 6.54 Å². The first-order chi connectivity index (χ1) is 11.6. The van der Waals surface area contributed by atoms with Crippen molar-refractivity contribution in [3.63, 3.8) is 0 Å². The third-order valence-electron chi connectivity index (χ3n) is 4.69. The van der Waals surface area contributed by atoms with Crippen molar-refractivity contribution in [3.8, 4) is 0 Å². The molecule has 1 saturated heterocycles. The molecule has 0 spiro atoms. The topological polar surface area (TPSA) is 38.1 Å². The lowest BCUT2D eigenvalue weighted by atomic mass is 10.2. The van der Waals surface area contributed by atoms with E-state index in [9.17, 15) is 9.18 Å². The van der Waals surface area contributed by atoms with Gasteiger partial charge < -0.3 is 4.57 Å². The van der Waals surface area contributed by atoms with Gasteiger partial charge in [-0.2, -0.15) is 0 Å². The quantitative estimate of drug-likeness (QED) is 0.731. The van der Waals surface area contributed by atoms with Gasteiger partial charge in [0, 0.05) is 30.6 Å². The van der Waals surface area contributed by atoms with Gasteiger partial charge in [-0.1, -0.05) is 6.07 Å². The molecule has 0 amide bonds. The number of aromatic nitrogens is 2. The van der Waals surface area contributed by atoms with E-state index in [0.717, 1.165) is 19.4 Å². The van der Waals surface area contributed by atoms with E-state index in [1.807, 2.05) is 0 Å². The first-order valence-corrected chi connectivity index (χ1v) is 8.94. The molecule has 3 heterocycles. The summed E-state index contributed by atoms with van der Waals surface area (Å²) in [6, 6.07) is 8.91. The Labute approximate surface area is 143 Å². The fraction of sp³-hybridized carbons (Fsp3) is 0.333. The largest absolute Gasteiger partial charge is 0.308 e. The highest BCUT2D eigenvalue weighted by Crippen LogP contribution is 2.35. The zero-order chi connectivity index (χ0) is 16.7. The summed E-state index contributed by atoms with van der Waals surface area (Å²) in [5.41, 5.74) is 1.56. The SMILES string of the molecule is Cn1c(=O)c(CN2CCC[C@@H]2c2cccs2)nc2cc(F)ccc21. The van der Waals surface area contributed by atoms with Crippen molar-refractivity contribution >= 4 is 22.4 Å². The average Bonchev–Trinajstić information content (AvgIpc) is 3.23. The van der Waals surface area contributed by atoms with Crippen LogP contribution >= 0.6 is 11.3 Å². The van der Waals surface area contributed by atoms with Gasteiger partial charge in [-0.05, 0) is 43.0 Å². The highest BCUT2D eigenvalue weighted by molar-refractivity contribution is 7.10. The minimum Gasteiger partial charge on any atom is -0.308 e. The number of nitrogens with zero attached hydrogens (tertiary/aromatic N) is 3. The predicted molar refractivity (Wildman–Crippen MR) is 93.6 cm³/mol. The van der Waals surface area contributed by atoms with E-state index in [0.29, 0.717) is 29.3 Å². The van der Waals surface area contributed by atoms with Gasteiger partial charge in [0.1, 0.15) is 11.5 Å². The smallest absolute Gasteiger partial charge is 0.273 e. The molecule has 0 saturated carbocycles. The third kappa shape index (κ3) is 2.65. The molecule has 124 valence electrons. The summed E-state index contributed by atoms with van der Waals surface area (Å²) in [5.74, 6) is -0.336. The highest BCUT2D eigenvalue weighted by Gasteiger charge is 2.28. The lowest BCUT2D eigenvalue weighted by Crippen LogP contribution is -2.30. The van der Waals surface area contributed by atoms with Gasteiger partial charge >= 0.3 is 0 Å². The second kappa shape index (κ2) is 6.11. The van der Waals surface area contributed by atoms with E-state index in [-0.39, 0.29) is 11.4 Å². The lowest BCUT2D eigenvalue weighted by Gasteiger charge is -2.23. The van der Waals surface area contributed by atoms with Crippen molar-refractivity contribution in [2.24, 2.45) is 7.05 Å². The molecule has 0 bridgehead atoms. The Hall–Kier alpha value is -2.05. The second-order valence-electron chi connectivity index (χ2n) is 6.20. The number of hydrogen-bond donors (Lipinski definition) is 0. The molecule has 1 aromatic carbocycles. The molecule has 1 fully saturated rings. The maximum Gasteiger partial charge on any atom is 0.273 e. The molecular weight excluding hydrogens is 325 g/mol. The third-order valence-corrected chi connectivity index (χ3v) is 5.67. The number of likely N-dealkylation sites (tertiary alicyclic amines) is 1. The Kier molecular flexibility index (Phi) is 3.94. The number of hydrogen-bond acceptors (Lipinski definition) is 4. The highest BCUT2D eigenvalue weighted by atomic mass is 32.1. The monoisotopic (exact) mass is 343 g/mol. The molecule has 3 aromatic rings. The molecule has 6 heteroatoms. The van der Waals surface area contributed by atoms with E-state index >= 15 is 0 Å². The molecule has 2 aromatic heterocycles. The number of thiophene rings is 1. The van der Waals surface area contributed by atoms with E-state index < -0.39 is 0 Å². The van der Waals surface area contributed by atoms with Gasteiger partial charge in [-0.3, -0.25) is 9.69 Å². The molecular formula is C18H18FN3OS. The van der Waals surface area contributed by atoms with Crippen LogP contribution in [-0.2, 0) is 13.6 Å². The van der Waals surface area contributed by atoms with Gasteiger partial charge in [0.15, 0.2) is 0 Å². The zero-order valence-corrected chi connectivity index (χ0v) is 14.2. The normalized spacial score (nSPS) is 18.5. The summed E-state index contributed by atoms with van der Waals surface area (Å²) in [6.45, 7) is 1.45. The number of fused-ring (bicyclic) bond motifs is 1. The van der Waals surface area contributed by atoms with Gasteiger partial charge in [0.25, 0.3) is 5.56 Å². The van der Waals surface area contributed by atoms with E-state index in [1.54, 1.807) is 29.0 Å². The van der Waals surface area contributed by atoms with Crippen LogP contribution in [-0.4, -0.2) is 21.0 Å².